The summed E-state index contributed by atoms with van der Waals surface area (Å²) in [6.45, 7) is 1.99. The first kappa shape index (κ1) is 22.7. The molecule has 0 saturated carbocycles. The molecule has 1 aromatic heterocycles. The number of primary amides is 1. The van der Waals surface area contributed by atoms with Crippen LogP contribution in [0.1, 0.15) is 29.7 Å². The highest BCUT2D eigenvalue weighted by atomic mass is 16.7. The maximum absolute atomic E-state index is 11.1. The normalized spacial score (nSPS) is 11.9. The van der Waals surface area contributed by atoms with Crippen LogP contribution in [0, 0.1) is 18.3 Å². The van der Waals surface area contributed by atoms with Gasteiger partial charge < -0.3 is 24.7 Å². The molecule has 0 saturated heterocycles. The molecule has 34 heavy (non-hydrogen) atoms. The van der Waals surface area contributed by atoms with E-state index in [0.29, 0.717) is 40.7 Å². The summed E-state index contributed by atoms with van der Waals surface area (Å²) < 4.78 is 22.1. The lowest BCUT2D eigenvalue weighted by Crippen LogP contribution is -2.08. The standard InChI is InChI=1S/C26H23N3O5/c1-16-20(5-3-4-6-24(28)30)25(17-7-9-18(31-2)10-8-17)21(14-27)26(29-16)34-19-11-12-22-23(13-19)33-15-32-22/h3,5,7-13H,4,6,15H2,1-2H3,(H2,28,30). The molecule has 1 aliphatic rings. The monoisotopic (exact) mass is 457 g/mol. The van der Waals surface area contributed by atoms with Crippen LogP contribution in [0.3, 0.4) is 0 Å². The number of fused-ring (bicyclic) bond motifs is 1. The number of allylic oxidation sites excluding steroid dienone is 1. The fraction of sp³-hybridized carbons (Fsp3) is 0.192. The van der Waals surface area contributed by atoms with Crippen LogP contribution in [-0.2, 0) is 4.79 Å². The highest BCUT2D eigenvalue weighted by Crippen LogP contribution is 2.40. The van der Waals surface area contributed by atoms with Crippen LogP contribution < -0.4 is 24.7 Å². The number of methoxy groups -OCH3 is 1. The van der Waals surface area contributed by atoms with Gasteiger partial charge in [0, 0.05) is 29.3 Å². The number of carbonyl (C=O) groups is 1. The molecule has 8 heteroatoms. The lowest BCUT2D eigenvalue weighted by molar-refractivity contribution is -0.117. The third-order valence-corrected chi connectivity index (χ3v) is 5.28. The fourth-order valence-corrected chi connectivity index (χ4v) is 3.61. The fourth-order valence-electron chi connectivity index (χ4n) is 3.61. The van der Waals surface area contributed by atoms with Gasteiger partial charge in [-0.15, -0.1) is 0 Å². The molecule has 3 aromatic rings. The maximum atomic E-state index is 11.1. The van der Waals surface area contributed by atoms with Crippen molar-refractivity contribution >= 4 is 12.0 Å². The van der Waals surface area contributed by atoms with Gasteiger partial charge in [-0.25, -0.2) is 4.98 Å². The first-order valence-electron chi connectivity index (χ1n) is 10.6. The van der Waals surface area contributed by atoms with E-state index in [1.165, 1.54) is 0 Å². The number of pyridine rings is 1. The number of nitrogens with zero attached hydrogens (tertiary/aromatic N) is 2. The Kier molecular flexibility index (Phi) is 6.64. The molecule has 8 nitrogen and oxygen atoms in total. The van der Waals surface area contributed by atoms with E-state index in [1.54, 1.807) is 25.3 Å². The van der Waals surface area contributed by atoms with E-state index >= 15 is 0 Å². The number of hydrogen-bond donors (Lipinski definition) is 1. The lowest BCUT2D eigenvalue weighted by atomic mass is 9.94. The molecular weight excluding hydrogens is 434 g/mol. The Hall–Kier alpha value is -4.51. The molecule has 2 heterocycles. The molecule has 0 atom stereocenters. The van der Waals surface area contributed by atoms with Gasteiger partial charge in [0.1, 0.15) is 23.1 Å². The highest BCUT2D eigenvalue weighted by molar-refractivity contribution is 5.83. The summed E-state index contributed by atoms with van der Waals surface area (Å²) in [6, 6.07) is 14.8. The number of hydrogen-bond acceptors (Lipinski definition) is 7. The van der Waals surface area contributed by atoms with Crippen LogP contribution in [0.25, 0.3) is 17.2 Å². The molecule has 0 unspecified atom stereocenters. The maximum Gasteiger partial charge on any atom is 0.238 e. The van der Waals surface area contributed by atoms with Gasteiger partial charge in [-0.1, -0.05) is 24.3 Å². The summed E-state index contributed by atoms with van der Waals surface area (Å²) in [4.78, 5) is 15.7. The van der Waals surface area contributed by atoms with Crippen molar-refractivity contribution in [2.24, 2.45) is 5.73 Å². The zero-order valence-electron chi connectivity index (χ0n) is 18.8. The van der Waals surface area contributed by atoms with Gasteiger partial charge in [-0.3, -0.25) is 4.79 Å². The summed E-state index contributed by atoms with van der Waals surface area (Å²) in [7, 11) is 1.59. The van der Waals surface area contributed by atoms with Crippen molar-refractivity contribution in [3.63, 3.8) is 0 Å². The highest BCUT2D eigenvalue weighted by Gasteiger charge is 2.21. The van der Waals surface area contributed by atoms with Crippen molar-refractivity contribution in [2.45, 2.75) is 19.8 Å². The number of aromatic nitrogens is 1. The Bertz CT molecular complexity index is 1290. The van der Waals surface area contributed by atoms with Gasteiger partial charge in [0.05, 0.1) is 7.11 Å². The van der Waals surface area contributed by atoms with Gasteiger partial charge in [0.2, 0.25) is 18.6 Å². The van der Waals surface area contributed by atoms with E-state index < -0.39 is 0 Å². The Morgan fingerprint density at radius 1 is 1.18 bits per heavy atom. The van der Waals surface area contributed by atoms with Gasteiger partial charge in [-0.2, -0.15) is 5.26 Å². The number of ether oxygens (including phenoxy) is 4. The van der Waals surface area contributed by atoms with Crippen LogP contribution in [0.15, 0.2) is 48.5 Å². The summed E-state index contributed by atoms with van der Waals surface area (Å²) in [5, 5.41) is 10.1. The molecular formula is C26H23N3O5. The molecule has 0 fully saturated rings. The summed E-state index contributed by atoms with van der Waals surface area (Å²) >= 11 is 0. The zero-order valence-corrected chi connectivity index (χ0v) is 18.8. The predicted octanol–water partition coefficient (Wildman–Crippen LogP) is 4.74. The van der Waals surface area contributed by atoms with E-state index in [9.17, 15) is 10.1 Å². The SMILES string of the molecule is COc1ccc(-c2c(C#N)c(Oc3ccc4c(c3)OCO4)nc(C)c2C=CCCC(N)=O)cc1. The third kappa shape index (κ3) is 4.79. The van der Waals surface area contributed by atoms with Crippen molar-refractivity contribution in [2.75, 3.05) is 13.9 Å². The summed E-state index contributed by atoms with van der Waals surface area (Å²) in [5.74, 6) is 2.17. The average molecular weight is 457 g/mol. The number of nitrogens with two attached hydrogens (primary N) is 1. The topological polar surface area (TPSA) is 117 Å². The molecule has 4 rings (SSSR count). The van der Waals surface area contributed by atoms with Gasteiger partial charge in [-0.05, 0) is 43.2 Å². The van der Waals surface area contributed by atoms with Crippen LogP contribution >= 0.6 is 0 Å². The Balaban J connectivity index is 1.80. The van der Waals surface area contributed by atoms with Gasteiger partial charge >= 0.3 is 0 Å². The Morgan fingerprint density at radius 3 is 2.62 bits per heavy atom. The molecule has 2 aromatic carbocycles. The second kappa shape index (κ2) is 9.96. The molecule has 1 amide bonds. The minimum atomic E-state index is -0.375. The first-order valence-corrected chi connectivity index (χ1v) is 10.6. The number of carbonyl (C=O) groups excluding carboxylic acids is 1. The lowest BCUT2D eigenvalue weighted by Gasteiger charge is -2.16. The summed E-state index contributed by atoms with van der Waals surface area (Å²) in [5.41, 5.74) is 8.42. The number of rotatable bonds is 8. The zero-order chi connectivity index (χ0) is 24.1. The van der Waals surface area contributed by atoms with Crippen molar-refractivity contribution in [1.82, 2.24) is 4.98 Å². The number of benzene rings is 2. The second-order valence-corrected chi connectivity index (χ2v) is 7.53. The minimum Gasteiger partial charge on any atom is -0.497 e. The van der Waals surface area contributed by atoms with Crippen molar-refractivity contribution < 1.29 is 23.7 Å². The second-order valence-electron chi connectivity index (χ2n) is 7.53. The Morgan fingerprint density at radius 2 is 1.91 bits per heavy atom. The molecule has 0 bridgehead atoms. The van der Waals surface area contributed by atoms with Gasteiger partial charge in [0.15, 0.2) is 11.5 Å². The quantitative estimate of drug-likeness (QED) is 0.519. The number of amides is 1. The van der Waals surface area contributed by atoms with Crippen LogP contribution in [0.5, 0.6) is 28.9 Å². The molecule has 0 spiro atoms. The van der Waals surface area contributed by atoms with E-state index in [0.717, 1.165) is 11.1 Å². The molecule has 2 N–H and O–H groups in total. The van der Waals surface area contributed by atoms with E-state index in [4.69, 9.17) is 24.7 Å². The predicted molar refractivity (Wildman–Crippen MR) is 126 cm³/mol. The van der Waals surface area contributed by atoms with Crippen molar-refractivity contribution in [3.8, 4) is 46.1 Å². The van der Waals surface area contributed by atoms with Crippen molar-refractivity contribution in [1.29, 1.82) is 5.26 Å². The van der Waals surface area contributed by atoms with Crippen molar-refractivity contribution in [3.05, 3.63) is 65.4 Å². The number of aryl methyl sites for hydroxylation is 1. The molecule has 0 aliphatic carbocycles. The number of nitriles is 1. The van der Waals surface area contributed by atoms with Gasteiger partial charge in [0.25, 0.3) is 0 Å². The Labute approximate surface area is 197 Å². The van der Waals surface area contributed by atoms with E-state index in [-0.39, 0.29) is 30.6 Å². The average Bonchev–Trinajstić information content (AvgIpc) is 3.30. The van der Waals surface area contributed by atoms with Crippen LogP contribution in [0.2, 0.25) is 0 Å². The first-order chi connectivity index (χ1) is 16.5. The van der Waals surface area contributed by atoms with E-state index in [2.05, 4.69) is 11.1 Å². The molecule has 1 aliphatic heterocycles. The largest absolute Gasteiger partial charge is 0.497 e. The van der Waals surface area contributed by atoms with Crippen LogP contribution in [-0.4, -0.2) is 24.8 Å². The molecule has 0 radical (unpaired) electrons. The smallest absolute Gasteiger partial charge is 0.238 e. The van der Waals surface area contributed by atoms with E-state index in [1.807, 2.05) is 43.3 Å². The third-order valence-electron chi connectivity index (χ3n) is 5.28. The summed E-state index contributed by atoms with van der Waals surface area (Å²) in [6.07, 6.45) is 4.42. The van der Waals surface area contributed by atoms with Crippen LogP contribution in [0.4, 0.5) is 0 Å². The molecule has 172 valence electrons. The minimum absolute atomic E-state index is 0.151.